The smallest absolute Gasteiger partial charge is 0.459 e. The Bertz CT molecular complexity index is 1440. The van der Waals surface area contributed by atoms with Gasteiger partial charge in [-0.15, -0.1) is 0 Å². The van der Waals surface area contributed by atoms with Gasteiger partial charge >= 0.3 is 13.7 Å². The zero-order valence-corrected chi connectivity index (χ0v) is 21.9. The Morgan fingerprint density at radius 3 is 2.69 bits per heavy atom. The van der Waals surface area contributed by atoms with E-state index in [1.165, 1.54) is 19.1 Å². The van der Waals surface area contributed by atoms with Crippen molar-refractivity contribution in [1.82, 2.24) is 24.6 Å². The second kappa shape index (κ2) is 11.0. The van der Waals surface area contributed by atoms with Crippen LogP contribution in [-0.2, 0) is 23.4 Å². The summed E-state index contributed by atoms with van der Waals surface area (Å²) in [5.41, 5.74) is 4.57. The van der Waals surface area contributed by atoms with Crippen LogP contribution in [0.3, 0.4) is 0 Å². The number of hydrogen-bond donors (Lipinski definition) is 5. The lowest BCUT2D eigenvalue weighted by molar-refractivity contribution is -0.202. The molecule has 1 fully saturated rings. The summed E-state index contributed by atoms with van der Waals surface area (Å²) in [4.78, 5) is 34.4. The molecule has 2 unspecified atom stereocenters. The minimum absolute atomic E-state index is 0.0650. The molecule has 6 atom stereocenters. The van der Waals surface area contributed by atoms with Crippen LogP contribution in [-0.4, -0.2) is 72.5 Å². The van der Waals surface area contributed by atoms with E-state index in [1.54, 1.807) is 32.0 Å². The molecule has 4 rings (SSSR count). The fourth-order valence-electron chi connectivity index (χ4n) is 3.73. The summed E-state index contributed by atoms with van der Waals surface area (Å²) in [5.74, 6) is -4.11. The molecule has 212 valence electrons. The molecule has 0 spiro atoms. The van der Waals surface area contributed by atoms with Crippen LogP contribution in [0.4, 0.5) is 10.3 Å². The van der Waals surface area contributed by atoms with Gasteiger partial charge in [0.1, 0.15) is 30.6 Å². The van der Waals surface area contributed by atoms with Crippen molar-refractivity contribution in [2.45, 2.75) is 57.2 Å². The number of aromatic amines is 1. The molecule has 0 amide bonds. The second-order valence-corrected chi connectivity index (χ2v) is 10.7. The van der Waals surface area contributed by atoms with Crippen molar-refractivity contribution in [3.8, 4) is 5.75 Å². The Balaban J connectivity index is 1.57. The summed E-state index contributed by atoms with van der Waals surface area (Å²) >= 11 is 0. The zero-order valence-electron chi connectivity index (χ0n) is 21.1. The Morgan fingerprint density at radius 1 is 1.33 bits per heavy atom. The van der Waals surface area contributed by atoms with Gasteiger partial charge in [0.25, 0.3) is 11.4 Å². The number of para-hydroxylation sites is 1. The number of anilines is 1. The molecule has 0 radical (unpaired) electrons. The van der Waals surface area contributed by atoms with E-state index in [-0.39, 0.29) is 22.9 Å². The van der Waals surface area contributed by atoms with Gasteiger partial charge in [-0.2, -0.15) is 10.1 Å². The molecule has 0 saturated carbocycles. The van der Waals surface area contributed by atoms with Crippen LogP contribution >= 0.6 is 7.75 Å². The van der Waals surface area contributed by atoms with Crippen molar-refractivity contribution >= 4 is 30.8 Å². The fourth-order valence-corrected chi connectivity index (χ4v) is 5.23. The molecule has 3 aromatic rings. The van der Waals surface area contributed by atoms with Crippen molar-refractivity contribution in [1.29, 1.82) is 0 Å². The monoisotopic (exact) mass is 570 g/mol. The number of nitrogens with two attached hydrogens (primary N) is 1. The summed E-state index contributed by atoms with van der Waals surface area (Å²) in [5, 5.41) is 23.5. The minimum Gasteiger partial charge on any atom is -0.462 e. The van der Waals surface area contributed by atoms with Gasteiger partial charge in [-0.3, -0.25) is 23.7 Å². The van der Waals surface area contributed by atoms with E-state index in [0.29, 0.717) is 0 Å². The maximum absolute atomic E-state index is 15.9. The summed E-state index contributed by atoms with van der Waals surface area (Å²) in [6.07, 6.45) is -5.17. The van der Waals surface area contributed by atoms with Gasteiger partial charge in [0.15, 0.2) is 17.4 Å². The number of aliphatic hydroxyl groups is 2. The first-order valence-electron chi connectivity index (χ1n) is 11.7. The van der Waals surface area contributed by atoms with Gasteiger partial charge in [-0.05, 0) is 32.9 Å². The molecule has 17 heteroatoms. The Labute approximate surface area is 220 Å². The fraction of sp³-hybridized carbons (Fsp3) is 0.455. The average Bonchev–Trinajstić information content (AvgIpc) is 3.38. The van der Waals surface area contributed by atoms with Crippen LogP contribution in [0, 0.1) is 0 Å². The molecule has 6 N–H and O–H groups in total. The first kappa shape index (κ1) is 28.6. The highest BCUT2D eigenvalue weighted by molar-refractivity contribution is 7.52. The predicted molar refractivity (Wildman–Crippen MR) is 133 cm³/mol. The first-order chi connectivity index (χ1) is 18.3. The number of alkyl halides is 1. The van der Waals surface area contributed by atoms with Crippen molar-refractivity contribution in [2.75, 3.05) is 12.3 Å². The van der Waals surface area contributed by atoms with Crippen molar-refractivity contribution in [3.05, 3.63) is 47.0 Å². The topological polar surface area (TPSA) is 213 Å². The number of benzene rings is 1. The van der Waals surface area contributed by atoms with Crippen molar-refractivity contribution < 1.29 is 42.5 Å². The lowest BCUT2D eigenvalue weighted by Crippen LogP contribution is -2.44. The summed E-state index contributed by atoms with van der Waals surface area (Å²) in [7, 11) is -4.53. The number of nitrogen functional groups attached to an aromatic ring is 1. The Hall–Kier alpha value is -3.40. The van der Waals surface area contributed by atoms with E-state index in [2.05, 4.69) is 20.0 Å². The van der Waals surface area contributed by atoms with E-state index < -0.39 is 62.3 Å². The zero-order chi connectivity index (χ0) is 28.5. The number of ether oxygens (including phenoxy) is 2. The lowest BCUT2D eigenvalue weighted by atomic mass is 10.1. The molecule has 0 bridgehead atoms. The van der Waals surface area contributed by atoms with E-state index in [4.69, 9.17) is 24.3 Å². The Kier molecular flexibility index (Phi) is 8.07. The summed E-state index contributed by atoms with van der Waals surface area (Å²) < 4.78 is 51.7. The summed E-state index contributed by atoms with van der Waals surface area (Å²) in [6.45, 7) is 3.37. The van der Waals surface area contributed by atoms with Gasteiger partial charge in [-0.25, -0.2) is 13.9 Å². The van der Waals surface area contributed by atoms with Crippen LogP contribution in [0.1, 0.15) is 27.0 Å². The number of aromatic nitrogens is 4. The number of esters is 1. The van der Waals surface area contributed by atoms with Gasteiger partial charge < -0.3 is 29.9 Å². The molecule has 39 heavy (non-hydrogen) atoms. The third kappa shape index (κ3) is 6.11. The SMILES string of the molecule is CC(C)OC(=O)C(C)NP(=O)(OC[C@@]1(F)O[C@@H](n2cnc3c(=O)[nH]c(N)nc32)[C@H](O)[C@@H]1O)Oc1ccccc1. The Morgan fingerprint density at radius 2 is 2.03 bits per heavy atom. The molecule has 15 nitrogen and oxygen atoms in total. The first-order valence-corrected chi connectivity index (χ1v) is 13.3. The average molecular weight is 570 g/mol. The number of carbonyl (C=O) groups is 1. The highest BCUT2D eigenvalue weighted by atomic mass is 31.2. The quantitative estimate of drug-likeness (QED) is 0.168. The number of rotatable bonds is 10. The number of nitrogens with one attached hydrogen (secondary N) is 2. The van der Waals surface area contributed by atoms with Crippen LogP contribution in [0.25, 0.3) is 11.2 Å². The number of hydrogen-bond acceptors (Lipinski definition) is 12. The van der Waals surface area contributed by atoms with Crippen molar-refractivity contribution in [2.24, 2.45) is 0 Å². The standard InChI is InChI=1S/C22H28FN6O9P/c1-11(2)36-20(33)12(3)28-39(34,38-13-7-5-4-6-8-13)35-9-22(23)16(31)15(30)19(37-22)29-10-25-14-17(29)26-21(24)27-18(14)32/h4-8,10-12,15-16,19,30-31H,9H2,1-3H3,(H,28,34)(H3,24,26,27,32)/t12?,15-,16+,19-,22-,39?/m1/s1. The number of imidazole rings is 1. The van der Waals surface area contributed by atoms with Crippen LogP contribution < -0.4 is 20.9 Å². The molecule has 3 heterocycles. The van der Waals surface area contributed by atoms with Gasteiger partial charge in [0.2, 0.25) is 5.95 Å². The number of halogens is 1. The molecule has 0 aliphatic carbocycles. The normalized spacial score (nSPS) is 25.5. The van der Waals surface area contributed by atoms with Crippen molar-refractivity contribution in [3.63, 3.8) is 0 Å². The highest BCUT2D eigenvalue weighted by Crippen LogP contribution is 2.48. The number of H-pyrrole nitrogens is 1. The van der Waals surface area contributed by atoms with Crippen LogP contribution in [0.5, 0.6) is 5.75 Å². The van der Waals surface area contributed by atoms with E-state index in [0.717, 1.165) is 10.9 Å². The largest absolute Gasteiger partial charge is 0.462 e. The predicted octanol–water partition coefficient (Wildman–Crippen LogP) is 0.752. The number of aliphatic hydroxyl groups excluding tert-OH is 2. The van der Waals surface area contributed by atoms with Gasteiger partial charge in [0, 0.05) is 0 Å². The van der Waals surface area contributed by atoms with Gasteiger partial charge in [0.05, 0.1) is 12.4 Å². The number of nitrogens with zero attached hydrogens (tertiary/aromatic N) is 3. The number of fused-ring (bicyclic) bond motifs is 1. The minimum atomic E-state index is -4.53. The van der Waals surface area contributed by atoms with Crippen LogP contribution in [0.2, 0.25) is 0 Å². The molecule has 1 aliphatic rings. The molecule has 2 aromatic heterocycles. The third-order valence-corrected chi connectivity index (χ3v) is 7.18. The third-order valence-electron chi connectivity index (χ3n) is 5.56. The van der Waals surface area contributed by atoms with E-state index in [1.807, 2.05) is 0 Å². The highest BCUT2D eigenvalue weighted by Gasteiger charge is 2.57. The second-order valence-electron chi connectivity index (χ2n) is 9.02. The lowest BCUT2D eigenvalue weighted by Gasteiger charge is -2.27. The van der Waals surface area contributed by atoms with Gasteiger partial charge in [-0.1, -0.05) is 18.2 Å². The molecule has 1 aliphatic heterocycles. The maximum Gasteiger partial charge on any atom is 0.459 e. The number of carbonyl (C=O) groups excluding carboxylic acids is 1. The van der Waals surface area contributed by atoms with Crippen LogP contribution in [0.15, 0.2) is 41.5 Å². The molecule has 1 saturated heterocycles. The summed E-state index contributed by atoms with van der Waals surface area (Å²) in [6, 6.07) is 6.53. The molecule has 1 aromatic carbocycles. The maximum atomic E-state index is 15.9. The van der Waals surface area contributed by atoms with E-state index >= 15 is 4.39 Å². The van der Waals surface area contributed by atoms with E-state index in [9.17, 15) is 24.4 Å². The molecular formula is C22H28FN6O9P. The molecular weight excluding hydrogens is 542 g/mol.